The molecule has 1 fully saturated rings. The standard InChI is InChI=1S/C16H19N3/c1-3-12(4-2)16-18-14-9-11(10-17)5-8-15(14)19(16)13-6-7-13/h5,8-9,12-13H,3-4,6-7H2,1-2H3. The van der Waals surface area contributed by atoms with Crippen molar-refractivity contribution in [2.45, 2.75) is 51.5 Å². The van der Waals surface area contributed by atoms with Crippen LogP contribution in [0.5, 0.6) is 0 Å². The Hall–Kier alpha value is -1.82. The Morgan fingerprint density at radius 2 is 2.11 bits per heavy atom. The van der Waals surface area contributed by atoms with Gasteiger partial charge in [0.2, 0.25) is 0 Å². The van der Waals surface area contributed by atoms with Crippen LogP contribution in [0.3, 0.4) is 0 Å². The van der Waals surface area contributed by atoms with E-state index in [1.165, 1.54) is 24.2 Å². The largest absolute Gasteiger partial charge is 0.325 e. The molecule has 1 aliphatic carbocycles. The number of imidazole rings is 1. The number of nitriles is 1. The third-order valence-electron chi connectivity index (χ3n) is 4.11. The third-order valence-corrected chi connectivity index (χ3v) is 4.11. The molecule has 1 heterocycles. The summed E-state index contributed by atoms with van der Waals surface area (Å²) in [6.07, 6.45) is 4.77. The van der Waals surface area contributed by atoms with E-state index in [4.69, 9.17) is 10.2 Å². The monoisotopic (exact) mass is 253 g/mol. The van der Waals surface area contributed by atoms with E-state index in [1.54, 1.807) is 0 Å². The first-order chi connectivity index (χ1) is 9.28. The van der Waals surface area contributed by atoms with Crippen molar-refractivity contribution in [3.63, 3.8) is 0 Å². The maximum Gasteiger partial charge on any atom is 0.113 e. The van der Waals surface area contributed by atoms with Crippen molar-refractivity contribution in [3.05, 3.63) is 29.6 Å². The predicted molar refractivity (Wildman–Crippen MR) is 76.0 cm³/mol. The lowest BCUT2D eigenvalue weighted by Crippen LogP contribution is -2.07. The molecule has 1 aromatic heterocycles. The third kappa shape index (κ3) is 2.02. The highest BCUT2D eigenvalue weighted by molar-refractivity contribution is 5.78. The van der Waals surface area contributed by atoms with Gasteiger partial charge in [-0.1, -0.05) is 13.8 Å². The SMILES string of the molecule is CCC(CC)c1nc2cc(C#N)ccc2n1C1CC1. The number of fused-ring (bicyclic) bond motifs is 1. The Morgan fingerprint density at radius 1 is 1.37 bits per heavy atom. The molecule has 0 radical (unpaired) electrons. The average molecular weight is 253 g/mol. The molecular weight excluding hydrogens is 234 g/mol. The number of hydrogen-bond acceptors (Lipinski definition) is 2. The van der Waals surface area contributed by atoms with Crippen LogP contribution in [0.2, 0.25) is 0 Å². The van der Waals surface area contributed by atoms with E-state index >= 15 is 0 Å². The van der Waals surface area contributed by atoms with Gasteiger partial charge < -0.3 is 4.57 Å². The summed E-state index contributed by atoms with van der Waals surface area (Å²) in [7, 11) is 0. The predicted octanol–water partition coefficient (Wildman–Crippen LogP) is 4.15. The molecule has 1 saturated carbocycles. The summed E-state index contributed by atoms with van der Waals surface area (Å²) in [5, 5.41) is 9.01. The van der Waals surface area contributed by atoms with E-state index < -0.39 is 0 Å². The Bertz CT molecular complexity index is 640. The van der Waals surface area contributed by atoms with Crippen LogP contribution in [0.4, 0.5) is 0 Å². The van der Waals surface area contributed by atoms with Crippen LogP contribution in [0.15, 0.2) is 18.2 Å². The zero-order valence-electron chi connectivity index (χ0n) is 11.6. The van der Waals surface area contributed by atoms with E-state index in [9.17, 15) is 0 Å². The minimum atomic E-state index is 0.526. The van der Waals surface area contributed by atoms with Gasteiger partial charge in [-0.3, -0.25) is 0 Å². The van der Waals surface area contributed by atoms with Gasteiger partial charge in [-0.15, -0.1) is 0 Å². The molecule has 0 bridgehead atoms. The van der Waals surface area contributed by atoms with E-state index in [1.807, 2.05) is 12.1 Å². The fourth-order valence-electron chi connectivity index (χ4n) is 2.85. The molecule has 0 saturated heterocycles. The van der Waals surface area contributed by atoms with Crippen LogP contribution in [0.1, 0.15) is 62.9 Å². The van der Waals surface area contributed by atoms with Crippen molar-refractivity contribution in [2.24, 2.45) is 0 Å². The van der Waals surface area contributed by atoms with E-state index in [2.05, 4.69) is 30.6 Å². The van der Waals surface area contributed by atoms with Gasteiger partial charge in [0.15, 0.2) is 0 Å². The molecule has 1 aromatic carbocycles. The Labute approximate surface area is 113 Å². The van der Waals surface area contributed by atoms with Gasteiger partial charge >= 0.3 is 0 Å². The van der Waals surface area contributed by atoms with Crippen LogP contribution < -0.4 is 0 Å². The van der Waals surface area contributed by atoms with Gasteiger partial charge in [-0.2, -0.15) is 5.26 Å². The lowest BCUT2D eigenvalue weighted by molar-refractivity contribution is 0.559. The topological polar surface area (TPSA) is 41.6 Å². The summed E-state index contributed by atoms with van der Waals surface area (Å²) in [6.45, 7) is 4.46. The van der Waals surface area contributed by atoms with Gasteiger partial charge in [-0.05, 0) is 43.9 Å². The van der Waals surface area contributed by atoms with Crippen molar-refractivity contribution < 1.29 is 0 Å². The van der Waals surface area contributed by atoms with Gasteiger partial charge in [-0.25, -0.2) is 4.98 Å². The van der Waals surface area contributed by atoms with Gasteiger partial charge in [0.1, 0.15) is 5.82 Å². The fourth-order valence-corrected chi connectivity index (χ4v) is 2.85. The molecule has 2 aromatic rings. The smallest absolute Gasteiger partial charge is 0.113 e. The summed E-state index contributed by atoms with van der Waals surface area (Å²) in [5.74, 6) is 1.75. The van der Waals surface area contributed by atoms with Crippen molar-refractivity contribution >= 4 is 11.0 Å². The molecule has 0 spiro atoms. The van der Waals surface area contributed by atoms with Crippen molar-refractivity contribution in [1.29, 1.82) is 5.26 Å². The first-order valence-corrected chi connectivity index (χ1v) is 7.20. The number of rotatable bonds is 4. The van der Waals surface area contributed by atoms with Crippen LogP contribution in [-0.2, 0) is 0 Å². The second-order valence-corrected chi connectivity index (χ2v) is 5.40. The van der Waals surface area contributed by atoms with Crippen molar-refractivity contribution in [1.82, 2.24) is 9.55 Å². The number of benzene rings is 1. The molecule has 1 aliphatic rings. The average Bonchev–Trinajstić information content (AvgIpc) is 3.21. The van der Waals surface area contributed by atoms with Gasteiger partial charge in [0.05, 0.1) is 22.7 Å². The molecule has 0 aliphatic heterocycles. The lowest BCUT2D eigenvalue weighted by atomic mass is 10.0. The molecular formula is C16H19N3. The lowest BCUT2D eigenvalue weighted by Gasteiger charge is -2.14. The fraction of sp³-hybridized carbons (Fsp3) is 0.500. The first-order valence-electron chi connectivity index (χ1n) is 7.20. The van der Waals surface area contributed by atoms with Crippen LogP contribution >= 0.6 is 0 Å². The molecule has 98 valence electrons. The van der Waals surface area contributed by atoms with E-state index in [0.717, 1.165) is 18.4 Å². The molecule has 0 unspecified atom stereocenters. The number of aromatic nitrogens is 2. The summed E-state index contributed by atoms with van der Waals surface area (Å²) >= 11 is 0. The Kier molecular flexibility index (Phi) is 3.02. The first kappa shape index (κ1) is 12.2. The van der Waals surface area contributed by atoms with Gasteiger partial charge in [0.25, 0.3) is 0 Å². The maximum absolute atomic E-state index is 9.01. The van der Waals surface area contributed by atoms with Crippen LogP contribution in [-0.4, -0.2) is 9.55 Å². The molecule has 0 atom stereocenters. The van der Waals surface area contributed by atoms with Crippen molar-refractivity contribution in [2.75, 3.05) is 0 Å². The number of hydrogen-bond donors (Lipinski definition) is 0. The molecule has 3 nitrogen and oxygen atoms in total. The van der Waals surface area contributed by atoms with E-state index in [0.29, 0.717) is 17.5 Å². The second-order valence-electron chi connectivity index (χ2n) is 5.40. The summed E-state index contributed by atoms with van der Waals surface area (Å²) in [6, 6.07) is 8.71. The molecule has 19 heavy (non-hydrogen) atoms. The van der Waals surface area contributed by atoms with Crippen LogP contribution in [0.25, 0.3) is 11.0 Å². The quantitative estimate of drug-likeness (QED) is 0.821. The zero-order chi connectivity index (χ0) is 13.4. The minimum absolute atomic E-state index is 0.526. The minimum Gasteiger partial charge on any atom is -0.325 e. The second kappa shape index (κ2) is 4.70. The van der Waals surface area contributed by atoms with E-state index in [-0.39, 0.29) is 0 Å². The maximum atomic E-state index is 9.01. The molecule has 0 amide bonds. The zero-order valence-corrected chi connectivity index (χ0v) is 11.6. The molecule has 0 N–H and O–H groups in total. The van der Waals surface area contributed by atoms with Gasteiger partial charge in [0, 0.05) is 12.0 Å². The summed E-state index contributed by atoms with van der Waals surface area (Å²) in [4.78, 5) is 4.84. The molecule has 3 heteroatoms. The summed E-state index contributed by atoms with van der Waals surface area (Å²) in [5.41, 5.74) is 2.88. The molecule has 3 rings (SSSR count). The Balaban J connectivity index is 2.20. The number of nitrogens with zero attached hydrogens (tertiary/aromatic N) is 3. The van der Waals surface area contributed by atoms with Crippen molar-refractivity contribution in [3.8, 4) is 6.07 Å². The Morgan fingerprint density at radius 3 is 2.68 bits per heavy atom. The highest BCUT2D eigenvalue weighted by Gasteiger charge is 2.30. The summed E-state index contributed by atoms with van der Waals surface area (Å²) < 4.78 is 2.42. The highest BCUT2D eigenvalue weighted by atomic mass is 15.1. The highest BCUT2D eigenvalue weighted by Crippen LogP contribution is 2.41. The van der Waals surface area contributed by atoms with Crippen LogP contribution in [0, 0.1) is 11.3 Å². The normalized spacial score (nSPS) is 15.1.